The Kier molecular flexibility index (Phi) is 5.32. The van der Waals surface area contributed by atoms with Crippen LogP contribution in [0.25, 0.3) is 0 Å². The Balaban J connectivity index is 1.35. The van der Waals surface area contributed by atoms with Gasteiger partial charge in [-0.2, -0.15) is 0 Å². The van der Waals surface area contributed by atoms with Gasteiger partial charge >= 0.3 is 0 Å². The Morgan fingerprint density at radius 2 is 2.14 bits per heavy atom. The number of nitrogens with one attached hydrogen (secondary N) is 1. The van der Waals surface area contributed by atoms with Gasteiger partial charge in [0.15, 0.2) is 0 Å². The highest BCUT2D eigenvalue weighted by molar-refractivity contribution is 5.04. The zero-order chi connectivity index (χ0) is 15.4. The number of hydrogen-bond acceptors (Lipinski definition) is 3. The van der Waals surface area contributed by atoms with Gasteiger partial charge in [-0.1, -0.05) is 6.07 Å². The second kappa shape index (κ2) is 7.42. The lowest BCUT2D eigenvalue weighted by Crippen LogP contribution is -2.45. The fourth-order valence-electron chi connectivity index (χ4n) is 4.02. The van der Waals surface area contributed by atoms with Crippen molar-refractivity contribution in [2.24, 2.45) is 0 Å². The van der Waals surface area contributed by atoms with Crippen molar-refractivity contribution in [1.82, 2.24) is 14.8 Å². The Morgan fingerprint density at radius 1 is 1.23 bits per heavy atom. The first-order chi connectivity index (χ1) is 10.7. The van der Waals surface area contributed by atoms with Crippen LogP contribution in [-0.2, 0) is 6.54 Å². The second-order valence-corrected chi connectivity index (χ2v) is 6.87. The van der Waals surface area contributed by atoms with Crippen molar-refractivity contribution in [3.63, 3.8) is 0 Å². The molecule has 2 aliphatic rings. The van der Waals surface area contributed by atoms with Crippen LogP contribution in [0.2, 0.25) is 0 Å². The lowest BCUT2D eigenvalue weighted by Gasteiger charge is -2.35. The first-order valence-corrected chi connectivity index (χ1v) is 8.88. The van der Waals surface area contributed by atoms with E-state index in [1.165, 1.54) is 38.8 Å². The highest BCUT2D eigenvalue weighted by Crippen LogP contribution is 2.26. The summed E-state index contributed by atoms with van der Waals surface area (Å²) >= 11 is 0. The van der Waals surface area contributed by atoms with Crippen molar-refractivity contribution in [3.05, 3.63) is 34.2 Å². The largest absolute Gasteiger partial charge is 0.314 e. The van der Waals surface area contributed by atoms with E-state index in [0.717, 1.165) is 37.7 Å². The standard InChI is InChI=1S/C18H29N3O/c1-15-6-4-8-18(22)21(15)12-3-2-10-19-16-9-13-20-11-5-7-17(20)14-16/h4,6,8,16-17,19H,2-3,5,7,9-14H2,1H3/t16-,17-/m0/s1. The molecule has 2 saturated heterocycles. The first kappa shape index (κ1) is 15.8. The quantitative estimate of drug-likeness (QED) is 0.818. The number of unbranched alkanes of at least 4 members (excludes halogenated alkanes) is 1. The SMILES string of the molecule is Cc1cccc(=O)n1CCCCN[C@H]1CCN2CCC[C@H]2C1. The van der Waals surface area contributed by atoms with E-state index in [1.807, 2.05) is 23.6 Å². The molecule has 0 bridgehead atoms. The van der Waals surface area contributed by atoms with Gasteiger partial charge < -0.3 is 14.8 Å². The zero-order valence-corrected chi connectivity index (χ0v) is 13.8. The van der Waals surface area contributed by atoms with Crippen molar-refractivity contribution in [2.45, 2.75) is 64.1 Å². The molecule has 1 N–H and O–H groups in total. The summed E-state index contributed by atoms with van der Waals surface area (Å²) < 4.78 is 1.89. The summed E-state index contributed by atoms with van der Waals surface area (Å²) in [6.07, 6.45) is 7.63. The second-order valence-electron chi connectivity index (χ2n) is 6.87. The summed E-state index contributed by atoms with van der Waals surface area (Å²) in [5.41, 5.74) is 1.19. The van der Waals surface area contributed by atoms with Crippen molar-refractivity contribution >= 4 is 0 Å². The summed E-state index contributed by atoms with van der Waals surface area (Å²) in [4.78, 5) is 14.5. The van der Waals surface area contributed by atoms with Gasteiger partial charge in [-0.05, 0) is 71.1 Å². The Hall–Kier alpha value is -1.13. The summed E-state index contributed by atoms with van der Waals surface area (Å²) in [7, 11) is 0. The van der Waals surface area contributed by atoms with Crippen LogP contribution < -0.4 is 10.9 Å². The maximum atomic E-state index is 11.8. The number of fused-ring (bicyclic) bond motifs is 1. The molecule has 4 nitrogen and oxygen atoms in total. The minimum Gasteiger partial charge on any atom is -0.314 e. The first-order valence-electron chi connectivity index (χ1n) is 8.88. The third kappa shape index (κ3) is 3.79. The van der Waals surface area contributed by atoms with Crippen LogP contribution in [0.3, 0.4) is 0 Å². The van der Waals surface area contributed by atoms with Crippen LogP contribution in [0.15, 0.2) is 23.0 Å². The van der Waals surface area contributed by atoms with E-state index in [9.17, 15) is 4.79 Å². The maximum Gasteiger partial charge on any atom is 0.250 e. The molecule has 2 fully saturated rings. The van der Waals surface area contributed by atoms with E-state index in [1.54, 1.807) is 6.07 Å². The third-order valence-electron chi connectivity index (χ3n) is 5.33. The molecule has 1 aromatic heterocycles. The number of aromatic nitrogens is 1. The summed E-state index contributed by atoms with van der Waals surface area (Å²) in [6.45, 7) is 6.53. The van der Waals surface area contributed by atoms with Gasteiger partial charge in [0.2, 0.25) is 0 Å². The average molecular weight is 303 g/mol. The van der Waals surface area contributed by atoms with E-state index in [-0.39, 0.29) is 5.56 Å². The van der Waals surface area contributed by atoms with Gasteiger partial charge in [0.1, 0.15) is 0 Å². The van der Waals surface area contributed by atoms with E-state index in [0.29, 0.717) is 6.04 Å². The highest BCUT2D eigenvalue weighted by atomic mass is 16.1. The predicted molar refractivity (Wildman–Crippen MR) is 90.3 cm³/mol. The molecule has 2 aliphatic heterocycles. The van der Waals surface area contributed by atoms with Crippen molar-refractivity contribution < 1.29 is 0 Å². The summed E-state index contributed by atoms with van der Waals surface area (Å²) in [5, 5.41) is 3.74. The van der Waals surface area contributed by atoms with E-state index in [4.69, 9.17) is 0 Å². The topological polar surface area (TPSA) is 37.3 Å². The van der Waals surface area contributed by atoms with E-state index in [2.05, 4.69) is 10.2 Å². The van der Waals surface area contributed by atoms with Crippen molar-refractivity contribution in [3.8, 4) is 0 Å². The third-order valence-corrected chi connectivity index (χ3v) is 5.33. The van der Waals surface area contributed by atoms with Crippen LogP contribution in [0.1, 0.15) is 44.2 Å². The van der Waals surface area contributed by atoms with Crippen LogP contribution >= 0.6 is 0 Å². The molecular weight excluding hydrogens is 274 g/mol. The van der Waals surface area contributed by atoms with Crippen LogP contribution in [0.4, 0.5) is 0 Å². The van der Waals surface area contributed by atoms with Crippen LogP contribution in [0, 0.1) is 6.92 Å². The minimum atomic E-state index is 0.126. The number of hydrogen-bond donors (Lipinski definition) is 1. The van der Waals surface area contributed by atoms with Gasteiger partial charge in [-0.25, -0.2) is 0 Å². The predicted octanol–water partition coefficient (Wildman–Crippen LogP) is 2.15. The number of aryl methyl sites for hydroxylation is 1. The van der Waals surface area contributed by atoms with Gasteiger partial charge in [0.25, 0.3) is 5.56 Å². The lowest BCUT2D eigenvalue weighted by molar-refractivity contribution is 0.167. The van der Waals surface area contributed by atoms with Crippen LogP contribution in [0.5, 0.6) is 0 Å². The number of rotatable bonds is 6. The molecule has 0 saturated carbocycles. The van der Waals surface area contributed by atoms with Gasteiger partial charge in [0, 0.05) is 30.4 Å². The Morgan fingerprint density at radius 3 is 3.00 bits per heavy atom. The van der Waals surface area contributed by atoms with E-state index < -0.39 is 0 Å². The fourth-order valence-corrected chi connectivity index (χ4v) is 4.02. The fraction of sp³-hybridized carbons (Fsp3) is 0.722. The molecule has 0 unspecified atom stereocenters. The maximum absolute atomic E-state index is 11.8. The summed E-state index contributed by atoms with van der Waals surface area (Å²) in [6, 6.07) is 7.05. The minimum absolute atomic E-state index is 0.126. The monoisotopic (exact) mass is 303 g/mol. The Labute approximate surface area is 133 Å². The molecule has 0 radical (unpaired) electrons. The van der Waals surface area contributed by atoms with Gasteiger partial charge in [0.05, 0.1) is 0 Å². The summed E-state index contributed by atoms with van der Waals surface area (Å²) in [5.74, 6) is 0. The number of piperidine rings is 1. The molecule has 122 valence electrons. The number of nitrogens with zero attached hydrogens (tertiary/aromatic N) is 2. The van der Waals surface area contributed by atoms with Crippen molar-refractivity contribution in [1.29, 1.82) is 0 Å². The molecule has 22 heavy (non-hydrogen) atoms. The molecular formula is C18H29N3O. The van der Waals surface area contributed by atoms with Gasteiger partial charge in [-0.15, -0.1) is 0 Å². The average Bonchev–Trinajstić information content (AvgIpc) is 2.97. The molecule has 2 atom stereocenters. The van der Waals surface area contributed by atoms with E-state index >= 15 is 0 Å². The molecule has 0 spiro atoms. The van der Waals surface area contributed by atoms with Crippen LogP contribution in [-0.4, -0.2) is 41.2 Å². The molecule has 3 rings (SSSR count). The molecule has 0 aliphatic carbocycles. The number of pyridine rings is 1. The van der Waals surface area contributed by atoms with Gasteiger partial charge in [-0.3, -0.25) is 4.79 Å². The zero-order valence-electron chi connectivity index (χ0n) is 13.8. The smallest absolute Gasteiger partial charge is 0.250 e. The normalized spacial score (nSPS) is 25.3. The van der Waals surface area contributed by atoms with Crippen molar-refractivity contribution in [2.75, 3.05) is 19.6 Å². The molecule has 0 aromatic carbocycles. The molecule has 0 amide bonds. The molecule has 4 heteroatoms. The highest BCUT2D eigenvalue weighted by Gasteiger charge is 2.31. The molecule has 1 aromatic rings. The Bertz CT molecular complexity index is 539. The lowest BCUT2D eigenvalue weighted by atomic mass is 9.97. The molecule has 3 heterocycles.